The number of pyridine rings is 1. The van der Waals surface area contributed by atoms with E-state index in [4.69, 9.17) is 15.9 Å². The maximum atomic E-state index is 8.82. The van der Waals surface area contributed by atoms with Gasteiger partial charge < -0.3 is 4.98 Å². The van der Waals surface area contributed by atoms with Gasteiger partial charge in [0.05, 0.1) is 0 Å². The van der Waals surface area contributed by atoms with Crippen LogP contribution in [0, 0.1) is 0 Å². The monoisotopic (exact) mass is 264 g/mol. The summed E-state index contributed by atoms with van der Waals surface area (Å²) in [4.78, 5) is 6.65. The second kappa shape index (κ2) is 8.76. The molecule has 0 aliphatic heterocycles. The third kappa shape index (κ3) is 18.3. The molecular formula is C9H12CrN2O4. The largest absolute Gasteiger partial charge is 0.368 e. The summed E-state index contributed by atoms with van der Waals surface area (Å²) in [5, 5.41) is 0. The first kappa shape index (κ1) is 14.5. The number of aromatic nitrogens is 2. The van der Waals surface area contributed by atoms with Crippen molar-refractivity contribution in [1.29, 1.82) is 0 Å². The minimum Gasteiger partial charge on any atom is -0.368 e. The number of hydrogen-bond acceptors (Lipinski definition) is 3. The van der Waals surface area contributed by atoms with E-state index in [2.05, 4.69) is 9.97 Å². The molecular weight excluding hydrogens is 252 g/mol. The topological polar surface area (TPSA) is 103 Å². The summed E-state index contributed by atoms with van der Waals surface area (Å²) < 4.78 is 31.9. The van der Waals surface area contributed by atoms with Gasteiger partial charge in [0.2, 0.25) is 0 Å². The predicted molar refractivity (Wildman–Crippen MR) is 50.8 cm³/mol. The molecule has 2 heterocycles. The Morgan fingerprint density at radius 1 is 0.875 bits per heavy atom. The summed E-state index contributed by atoms with van der Waals surface area (Å²) in [5.41, 5.74) is 0. The maximum Gasteiger partial charge on any atom is 0.0267 e. The molecule has 0 fully saturated rings. The fourth-order valence-corrected chi connectivity index (χ4v) is 0.590. The van der Waals surface area contributed by atoms with Gasteiger partial charge in [0.15, 0.2) is 0 Å². The van der Waals surface area contributed by atoms with Crippen LogP contribution in [0.25, 0.3) is 0 Å². The minimum absolute atomic E-state index is 1.75. The van der Waals surface area contributed by atoms with E-state index < -0.39 is 13.6 Å². The standard InChI is InChI=1S/C5H5N.C4H5N.Cr.2H2O.2O/c1-2-4-6-5-3-1;1-2-4-5-3-1;;;;;/h1-5H;1-5H;;2*1H2;;/q;;+2;;;;/p-2. The van der Waals surface area contributed by atoms with E-state index in [0.29, 0.717) is 0 Å². The number of H-pyrrole nitrogens is 1. The van der Waals surface area contributed by atoms with Crippen molar-refractivity contribution in [3.05, 3.63) is 55.1 Å². The van der Waals surface area contributed by atoms with Crippen molar-refractivity contribution in [3.8, 4) is 0 Å². The van der Waals surface area contributed by atoms with Gasteiger partial charge in [0, 0.05) is 24.8 Å². The summed E-state index contributed by atoms with van der Waals surface area (Å²) in [6.07, 6.45) is 7.25. The van der Waals surface area contributed by atoms with Crippen LogP contribution in [-0.4, -0.2) is 18.3 Å². The maximum absolute atomic E-state index is 8.82. The molecule has 88 valence electrons. The number of rotatable bonds is 0. The zero-order valence-electron chi connectivity index (χ0n) is 8.26. The molecule has 2 aromatic rings. The van der Waals surface area contributed by atoms with Gasteiger partial charge in [0.1, 0.15) is 0 Å². The number of nitrogens with zero attached hydrogens (tertiary/aromatic N) is 1. The van der Waals surface area contributed by atoms with Crippen molar-refractivity contribution >= 4 is 0 Å². The van der Waals surface area contributed by atoms with Crippen molar-refractivity contribution in [1.82, 2.24) is 9.97 Å². The Bertz CT molecular complexity index is 376. The van der Waals surface area contributed by atoms with Crippen LogP contribution in [-0.2, 0) is 21.2 Å². The van der Waals surface area contributed by atoms with Crippen LogP contribution in [0.5, 0.6) is 0 Å². The van der Waals surface area contributed by atoms with Gasteiger partial charge in [0.25, 0.3) is 0 Å². The molecule has 0 aliphatic carbocycles. The first-order valence-electron chi connectivity index (χ1n) is 4.13. The molecule has 3 N–H and O–H groups in total. The normalized spacial score (nSPS) is 9.12. The summed E-state index contributed by atoms with van der Waals surface area (Å²) in [7, 11) is 0. The molecule has 7 heteroatoms. The van der Waals surface area contributed by atoms with Gasteiger partial charge in [-0.1, -0.05) is 6.07 Å². The second-order valence-electron chi connectivity index (χ2n) is 2.36. The van der Waals surface area contributed by atoms with E-state index in [1.165, 1.54) is 0 Å². The van der Waals surface area contributed by atoms with Crippen LogP contribution >= 0.6 is 0 Å². The first-order chi connectivity index (χ1) is 7.50. The molecule has 0 aromatic carbocycles. The number of nitrogens with one attached hydrogen (secondary N) is 1. The van der Waals surface area contributed by atoms with Crippen LogP contribution in [0.3, 0.4) is 0 Å². The second-order valence-corrected chi connectivity index (χ2v) is 3.76. The Kier molecular flexibility index (Phi) is 7.93. The van der Waals surface area contributed by atoms with Crippen LogP contribution in [0.15, 0.2) is 55.1 Å². The smallest absolute Gasteiger partial charge is 0.0267 e. The fraction of sp³-hybridized carbons (Fsp3) is 0. The molecule has 2 rings (SSSR count). The van der Waals surface area contributed by atoms with Crippen LogP contribution in [0.2, 0.25) is 0 Å². The molecule has 0 radical (unpaired) electrons. The van der Waals surface area contributed by atoms with Gasteiger partial charge in [-0.2, -0.15) is 0 Å². The van der Waals surface area contributed by atoms with E-state index in [-0.39, 0.29) is 0 Å². The van der Waals surface area contributed by atoms with E-state index in [9.17, 15) is 0 Å². The van der Waals surface area contributed by atoms with Gasteiger partial charge in [-0.05, 0) is 24.3 Å². The van der Waals surface area contributed by atoms with Gasteiger partial charge in [-0.3, -0.25) is 4.98 Å². The summed E-state index contributed by atoms with van der Waals surface area (Å²) in [6.45, 7) is 0. The Balaban J connectivity index is 0.000000213. The Hall–Kier alpha value is -1.52. The average molecular weight is 264 g/mol. The molecule has 0 saturated heterocycles. The van der Waals surface area contributed by atoms with Crippen molar-refractivity contribution in [2.45, 2.75) is 0 Å². The predicted octanol–water partition coefficient (Wildman–Crippen LogP) is 0.742. The molecule has 0 unspecified atom stereocenters. The van der Waals surface area contributed by atoms with E-state index >= 15 is 0 Å². The van der Waals surface area contributed by atoms with E-state index in [0.717, 1.165) is 0 Å². The molecule has 0 amide bonds. The number of hydrogen-bond donors (Lipinski definition) is 3. The van der Waals surface area contributed by atoms with Crippen LogP contribution in [0.4, 0.5) is 0 Å². The van der Waals surface area contributed by atoms with Crippen molar-refractivity contribution in [2.75, 3.05) is 0 Å². The summed E-state index contributed by atoms with van der Waals surface area (Å²) in [6, 6.07) is 9.60. The zero-order valence-corrected chi connectivity index (χ0v) is 9.54. The molecule has 2 aromatic heterocycles. The average Bonchev–Trinajstić information content (AvgIpc) is 2.75. The van der Waals surface area contributed by atoms with Crippen molar-refractivity contribution in [2.24, 2.45) is 0 Å². The molecule has 6 nitrogen and oxygen atoms in total. The van der Waals surface area contributed by atoms with E-state index in [1.54, 1.807) is 12.4 Å². The Labute approximate surface area is 95.0 Å². The minimum atomic E-state index is -5.25. The SMILES string of the molecule is [O]=[Cr](=[O])([OH])[OH].c1cc[nH]c1.c1ccncc1. The molecule has 0 spiro atoms. The van der Waals surface area contributed by atoms with Crippen LogP contribution in [0.1, 0.15) is 0 Å². The van der Waals surface area contributed by atoms with Crippen LogP contribution < -0.4 is 0 Å². The molecule has 0 saturated carbocycles. The third-order valence-electron chi connectivity index (χ3n) is 1.06. The zero-order chi connectivity index (χ0) is 12.3. The first-order valence-corrected chi connectivity index (χ1v) is 6.31. The Morgan fingerprint density at radius 2 is 1.31 bits per heavy atom. The third-order valence-corrected chi connectivity index (χ3v) is 1.06. The quantitative estimate of drug-likeness (QED) is 0.651. The molecule has 16 heavy (non-hydrogen) atoms. The molecule has 0 aliphatic rings. The van der Waals surface area contributed by atoms with Gasteiger partial charge in [-0.25, -0.2) is 0 Å². The Morgan fingerprint density at radius 3 is 1.44 bits per heavy atom. The van der Waals surface area contributed by atoms with Gasteiger partial charge in [-0.15, -0.1) is 0 Å². The van der Waals surface area contributed by atoms with Crippen molar-refractivity contribution < 1.29 is 29.5 Å². The fourth-order valence-electron chi connectivity index (χ4n) is 0.590. The molecule has 0 bridgehead atoms. The van der Waals surface area contributed by atoms with Gasteiger partial charge >= 0.3 is 29.5 Å². The summed E-state index contributed by atoms with van der Waals surface area (Å²) in [5.74, 6) is 0. The summed E-state index contributed by atoms with van der Waals surface area (Å²) >= 11 is -5.25. The number of aromatic amines is 1. The van der Waals surface area contributed by atoms with E-state index in [1.807, 2.05) is 42.7 Å². The van der Waals surface area contributed by atoms with Crippen molar-refractivity contribution in [3.63, 3.8) is 0 Å². The molecule has 0 atom stereocenters.